The van der Waals surface area contributed by atoms with Crippen LogP contribution in [0.4, 0.5) is 10.1 Å². The average Bonchev–Trinajstić information content (AvgIpc) is 2.74. The molecule has 6 nitrogen and oxygen atoms in total. The molecule has 0 bridgehead atoms. The van der Waals surface area contributed by atoms with Gasteiger partial charge in [-0.25, -0.2) is 12.8 Å². The molecule has 0 aliphatic rings. The van der Waals surface area contributed by atoms with Crippen LogP contribution in [0, 0.1) is 12.7 Å². The predicted molar refractivity (Wildman–Crippen MR) is 122 cm³/mol. The Balaban J connectivity index is 1.60. The van der Waals surface area contributed by atoms with Gasteiger partial charge >= 0.3 is 0 Å². The van der Waals surface area contributed by atoms with Gasteiger partial charge in [-0.3, -0.25) is 9.52 Å². The number of benzene rings is 3. The fraction of sp³-hybridized carbons (Fsp3) is 0.174. The molecule has 168 valence electrons. The van der Waals surface area contributed by atoms with Crippen LogP contribution in [0.3, 0.4) is 0 Å². The first-order valence-corrected chi connectivity index (χ1v) is 11.6. The van der Waals surface area contributed by atoms with Gasteiger partial charge in [0.05, 0.1) is 10.9 Å². The highest BCUT2D eigenvalue weighted by atomic mass is 35.5. The second-order valence-electron chi connectivity index (χ2n) is 7.17. The number of hydrogen-bond donors (Lipinski definition) is 2. The molecule has 2 N–H and O–H groups in total. The monoisotopic (exact) mass is 476 g/mol. The molecule has 0 aromatic heterocycles. The minimum Gasteiger partial charge on any atom is -0.484 e. The molecular weight excluding hydrogens is 455 g/mol. The van der Waals surface area contributed by atoms with Gasteiger partial charge in [-0.05, 0) is 79.6 Å². The van der Waals surface area contributed by atoms with Gasteiger partial charge in [-0.1, -0.05) is 23.7 Å². The zero-order valence-corrected chi connectivity index (χ0v) is 19.0. The minimum absolute atomic E-state index is 0.0617. The van der Waals surface area contributed by atoms with Crippen molar-refractivity contribution in [2.24, 2.45) is 0 Å². The normalized spacial score (nSPS) is 12.1. The summed E-state index contributed by atoms with van der Waals surface area (Å²) < 4.78 is 46.3. The Labute approximate surface area is 191 Å². The van der Waals surface area contributed by atoms with Gasteiger partial charge in [0.25, 0.3) is 15.9 Å². The summed E-state index contributed by atoms with van der Waals surface area (Å²) in [6.45, 7) is 3.22. The smallest absolute Gasteiger partial charge is 0.261 e. The first-order chi connectivity index (χ1) is 15.1. The van der Waals surface area contributed by atoms with E-state index in [1.165, 1.54) is 30.3 Å². The Morgan fingerprint density at radius 2 is 1.72 bits per heavy atom. The summed E-state index contributed by atoms with van der Waals surface area (Å²) in [7, 11) is -3.80. The third-order valence-corrected chi connectivity index (χ3v) is 6.29. The Morgan fingerprint density at radius 1 is 1.06 bits per heavy atom. The van der Waals surface area contributed by atoms with Crippen molar-refractivity contribution in [2.75, 3.05) is 11.3 Å². The number of carbonyl (C=O) groups excluding carboxylic acids is 1. The molecule has 0 aliphatic heterocycles. The zero-order valence-electron chi connectivity index (χ0n) is 17.4. The van der Waals surface area contributed by atoms with E-state index in [9.17, 15) is 17.6 Å². The molecule has 9 heteroatoms. The number of carbonyl (C=O) groups is 1. The maximum Gasteiger partial charge on any atom is 0.261 e. The van der Waals surface area contributed by atoms with E-state index in [-0.39, 0.29) is 29.3 Å². The molecule has 3 aromatic rings. The van der Waals surface area contributed by atoms with E-state index in [1.54, 1.807) is 50.2 Å². The molecule has 1 atom stereocenters. The summed E-state index contributed by atoms with van der Waals surface area (Å²) >= 11 is 5.82. The van der Waals surface area contributed by atoms with Gasteiger partial charge in [0.2, 0.25) is 0 Å². The largest absolute Gasteiger partial charge is 0.484 e. The maximum absolute atomic E-state index is 13.0. The predicted octanol–water partition coefficient (Wildman–Crippen LogP) is 4.84. The molecule has 0 spiro atoms. The first kappa shape index (κ1) is 23.6. The van der Waals surface area contributed by atoms with Crippen LogP contribution in [0.2, 0.25) is 5.02 Å². The van der Waals surface area contributed by atoms with Gasteiger partial charge in [-0.2, -0.15) is 0 Å². The van der Waals surface area contributed by atoms with Crippen LogP contribution in [0.1, 0.15) is 24.1 Å². The molecular formula is C23H22ClFN2O4S. The van der Waals surface area contributed by atoms with Crippen LogP contribution in [-0.4, -0.2) is 20.9 Å². The van der Waals surface area contributed by atoms with Crippen molar-refractivity contribution in [1.29, 1.82) is 0 Å². The van der Waals surface area contributed by atoms with Crippen molar-refractivity contribution < 1.29 is 22.3 Å². The number of ether oxygens (including phenoxy) is 1. The number of sulfonamides is 1. The van der Waals surface area contributed by atoms with Gasteiger partial charge in [0.15, 0.2) is 6.61 Å². The average molecular weight is 477 g/mol. The summed E-state index contributed by atoms with van der Waals surface area (Å²) in [6, 6.07) is 16.2. The number of amides is 1. The Hall–Kier alpha value is -3.10. The van der Waals surface area contributed by atoms with E-state index in [0.29, 0.717) is 22.0 Å². The first-order valence-electron chi connectivity index (χ1n) is 9.71. The summed E-state index contributed by atoms with van der Waals surface area (Å²) in [5.74, 6) is -0.317. The van der Waals surface area contributed by atoms with Gasteiger partial charge in [-0.15, -0.1) is 0 Å². The second kappa shape index (κ2) is 10.0. The maximum atomic E-state index is 13.0. The molecule has 1 amide bonds. The number of rotatable bonds is 8. The Bertz CT molecular complexity index is 1200. The third kappa shape index (κ3) is 6.21. The van der Waals surface area contributed by atoms with Crippen molar-refractivity contribution in [1.82, 2.24) is 5.32 Å². The summed E-state index contributed by atoms with van der Waals surface area (Å²) in [4.78, 5) is 12.3. The molecule has 3 rings (SSSR count). The molecule has 0 aliphatic carbocycles. The number of hydrogen-bond acceptors (Lipinski definition) is 4. The van der Waals surface area contributed by atoms with E-state index in [0.717, 1.165) is 5.56 Å². The van der Waals surface area contributed by atoms with Crippen LogP contribution in [0.15, 0.2) is 71.6 Å². The molecule has 0 radical (unpaired) electrons. The Morgan fingerprint density at radius 3 is 2.34 bits per heavy atom. The van der Waals surface area contributed by atoms with Crippen LogP contribution >= 0.6 is 11.6 Å². The van der Waals surface area contributed by atoms with Crippen molar-refractivity contribution in [2.45, 2.75) is 24.8 Å². The highest BCUT2D eigenvalue weighted by molar-refractivity contribution is 7.92. The number of halogens is 2. The van der Waals surface area contributed by atoms with Gasteiger partial charge in [0, 0.05) is 10.7 Å². The fourth-order valence-corrected chi connectivity index (χ4v) is 4.21. The Kier molecular flexibility index (Phi) is 7.37. The lowest BCUT2D eigenvalue weighted by molar-refractivity contribution is -0.123. The van der Waals surface area contributed by atoms with E-state index in [2.05, 4.69) is 10.0 Å². The number of nitrogens with one attached hydrogen (secondary N) is 2. The van der Waals surface area contributed by atoms with Crippen molar-refractivity contribution in [3.8, 4) is 5.75 Å². The second-order valence-corrected chi connectivity index (χ2v) is 9.29. The van der Waals surface area contributed by atoms with Crippen LogP contribution in [0.25, 0.3) is 0 Å². The quantitative estimate of drug-likeness (QED) is 0.487. The minimum atomic E-state index is -3.80. The molecule has 0 fully saturated rings. The molecule has 0 saturated carbocycles. The topological polar surface area (TPSA) is 84.5 Å². The molecule has 0 heterocycles. The third-order valence-electron chi connectivity index (χ3n) is 4.66. The molecule has 0 saturated heterocycles. The van der Waals surface area contributed by atoms with E-state index >= 15 is 0 Å². The number of aryl methyl sites for hydroxylation is 1. The summed E-state index contributed by atoms with van der Waals surface area (Å²) in [6.07, 6.45) is 0. The highest BCUT2D eigenvalue weighted by Gasteiger charge is 2.17. The van der Waals surface area contributed by atoms with Gasteiger partial charge in [0.1, 0.15) is 11.6 Å². The van der Waals surface area contributed by atoms with Crippen LogP contribution in [-0.2, 0) is 14.8 Å². The van der Waals surface area contributed by atoms with E-state index in [4.69, 9.17) is 16.3 Å². The lowest BCUT2D eigenvalue weighted by atomic mass is 10.1. The van der Waals surface area contributed by atoms with Crippen LogP contribution < -0.4 is 14.8 Å². The molecule has 3 aromatic carbocycles. The summed E-state index contributed by atoms with van der Waals surface area (Å²) in [5.41, 5.74) is 1.71. The van der Waals surface area contributed by atoms with Crippen molar-refractivity contribution in [3.05, 3.63) is 88.7 Å². The zero-order chi connectivity index (χ0) is 23.3. The van der Waals surface area contributed by atoms with E-state index in [1.807, 2.05) is 0 Å². The summed E-state index contributed by atoms with van der Waals surface area (Å²) in [5, 5.41) is 3.27. The molecule has 1 unspecified atom stereocenters. The van der Waals surface area contributed by atoms with Crippen LogP contribution in [0.5, 0.6) is 5.75 Å². The van der Waals surface area contributed by atoms with Crippen molar-refractivity contribution in [3.63, 3.8) is 0 Å². The van der Waals surface area contributed by atoms with Crippen molar-refractivity contribution >= 4 is 33.2 Å². The molecule has 32 heavy (non-hydrogen) atoms. The lowest BCUT2D eigenvalue weighted by Gasteiger charge is -2.16. The SMILES string of the molecule is Cc1cc(S(=O)(=O)Nc2ccc(Cl)cc2)ccc1OCC(=O)NC(C)c1ccc(F)cc1. The fourth-order valence-electron chi connectivity index (χ4n) is 2.94. The van der Waals surface area contributed by atoms with Gasteiger partial charge < -0.3 is 10.1 Å². The standard InChI is InChI=1S/C23H22ClFN2O4S/c1-15-13-21(32(29,30)27-20-9-5-18(24)6-10-20)11-12-22(15)31-14-23(28)26-16(2)17-3-7-19(25)8-4-17/h3-13,16,27H,14H2,1-2H3,(H,26,28). The number of anilines is 1. The highest BCUT2D eigenvalue weighted by Crippen LogP contribution is 2.24. The lowest BCUT2D eigenvalue weighted by Crippen LogP contribution is -2.31. The van der Waals surface area contributed by atoms with E-state index < -0.39 is 10.0 Å².